The van der Waals surface area contributed by atoms with Gasteiger partial charge >= 0.3 is 0 Å². The van der Waals surface area contributed by atoms with Crippen LogP contribution in [-0.4, -0.2) is 44.5 Å². The molecular weight excluding hydrogens is 432 g/mol. The van der Waals surface area contributed by atoms with E-state index in [0.29, 0.717) is 23.2 Å². The Morgan fingerprint density at radius 2 is 1.84 bits per heavy atom. The third-order valence-electron chi connectivity index (χ3n) is 5.69. The van der Waals surface area contributed by atoms with Gasteiger partial charge in [0.1, 0.15) is 5.75 Å². The topological polar surface area (TPSA) is 75.7 Å². The zero-order chi connectivity index (χ0) is 21.8. The van der Waals surface area contributed by atoms with Crippen molar-refractivity contribution in [2.45, 2.75) is 48.9 Å². The summed E-state index contributed by atoms with van der Waals surface area (Å²) in [7, 11) is -3.83. The van der Waals surface area contributed by atoms with Crippen LogP contribution in [0, 0.1) is 6.92 Å². The number of rotatable bonds is 7. The standard InChI is InChI=1S/C23H28N2O4S2/c1-17-10-12-19(13-11-17)31(27,28)25-16-22(29-21-9-5-4-8-20(21)25)23(26)24-14-15-30-18-6-2-3-7-18/h4-5,8-13,18,22H,2-3,6-7,14-16H2,1H3,(H,24,26)/t22-/m0/s1. The van der Waals surface area contributed by atoms with E-state index < -0.39 is 16.1 Å². The summed E-state index contributed by atoms with van der Waals surface area (Å²) in [4.78, 5) is 13.0. The van der Waals surface area contributed by atoms with Gasteiger partial charge in [0.15, 0.2) is 6.10 Å². The van der Waals surface area contributed by atoms with Crippen molar-refractivity contribution < 1.29 is 17.9 Å². The molecule has 1 aliphatic carbocycles. The normalized spacial score (nSPS) is 19.0. The molecular formula is C23H28N2O4S2. The number of aryl methyl sites for hydroxylation is 1. The number of thioether (sulfide) groups is 1. The van der Waals surface area contributed by atoms with Gasteiger partial charge in [-0.05, 0) is 44.0 Å². The van der Waals surface area contributed by atoms with E-state index in [1.54, 1.807) is 48.5 Å². The van der Waals surface area contributed by atoms with Gasteiger partial charge in [-0.2, -0.15) is 11.8 Å². The molecule has 6 nitrogen and oxygen atoms in total. The van der Waals surface area contributed by atoms with Crippen LogP contribution in [0.3, 0.4) is 0 Å². The molecule has 1 atom stereocenters. The van der Waals surface area contributed by atoms with Gasteiger partial charge in [-0.25, -0.2) is 8.42 Å². The minimum atomic E-state index is -3.83. The van der Waals surface area contributed by atoms with Gasteiger partial charge in [0.05, 0.1) is 17.1 Å². The van der Waals surface area contributed by atoms with Crippen LogP contribution in [0.2, 0.25) is 0 Å². The molecule has 2 aromatic rings. The smallest absolute Gasteiger partial charge is 0.264 e. The predicted octanol–water partition coefficient (Wildman–Crippen LogP) is 3.74. The van der Waals surface area contributed by atoms with Gasteiger partial charge in [-0.15, -0.1) is 0 Å². The minimum absolute atomic E-state index is 0.0607. The van der Waals surface area contributed by atoms with E-state index in [1.165, 1.54) is 30.0 Å². The Bertz CT molecular complexity index is 1020. The number of ether oxygens (including phenoxy) is 1. The summed E-state index contributed by atoms with van der Waals surface area (Å²) in [5, 5.41) is 3.62. The van der Waals surface area contributed by atoms with Crippen LogP contribution in [0.5, 0.6) is 5.75 Å². The Balaban J connectivity index is 1.47. The van der Waals surface area contributed by atoms with Gasteiger partial charge in [-0.3, -0.25) is 9.10 Å². The summed E-state index contributed by atoms with van der Waals surface area (Å²) in [5.74, 6) is 0.959. The van der Waals surface area contributed by atoms with Crippen molar-refractivity contribution in [3.05, 3.63) is 54.1 Å². The minimum Gasteiger partial charge on any atom is -0.476 e. The molecule has 4 rings (SSSR count). The molecule has 2 aromatic carbocycles. The number of benzene rings is 2. The fourth-order valence-corrected chi connectivity index (χ4v) is 6.67. The number of nitrogens with one attached hydrogen (secondary N) is 1. The molecule has 1 heterocycles. The number of hydrogen-bond donors (Lipinski definition) is 1. The van der Waals surface area contributed by atoms with Crippen molar-refractivity contribution in [1.82, 2.24) is 5.32 Å². The number of nitrogens with zero attached hydrogens (tertiary/aromatic N) is 1. The fraction of sp³-hybridized carbons (Fsp3) is 0.435. The van der Waals surface area contributed by atoms with Crippen LogP contribution in [0.4, 0.5) is 5.69 Å². The zero-order valence-electron chi connectivity index (χ0n) is 17.6. The Labute approximate surface area is 188 Å². The second-order valence-corrected chi connectivity index (χ2v) is 11.3. The highest BCUT2D eigenvalue weighted by Gasteiger charge is 2.37. The summed E-state index contributed by atoms with van der Waals surface area (Å²) in [6.45, 7) is 2.40. The van der Waals surface area contributed by atoms with Crippen molar-refractivity contribution in [3.63, 3.8) is 0 Å². The quantitative estimate of drug-likeness (QED) is 0.637. The van der Waals surface area contributed by atoms with E-state index in [9.17, 15) is 13.2 Å². The Kier molecular flexibility index (Phi) is 6.77. The summed E-state index contributed by atoms with van der Waals surface area (Å²) in [5.41, 5.74) is 1.43. The molecule has 0 radical (unpaired) electrons. The summed E-state index contributed by atoms with van der Waals surface area (Å²) < 4.78 is 33.9. The van der Waals surface area contributed by atoms with Crippen molar-refractivity contribution in [2.24, 2.45) is 0 Å². The van der Waals surface area contributed by atoms with Crippen LogP contribution < -0.4 is 14.4 Å². The summed E-state index contributed by atoms with van der Waals surface area (Å²) in [6.07, 6.45) is 4.21. The van der Waals surface area contributed by atoms with E-state index >= 15 is 0 Å². The molecule has 2 aliphatic rings. The van der Waals surface area contributed by atoms with Gasteiger partial charge in [0, 0.05) is 17.5 Å². The molecule has 8 heteroatoms. The molecule has 1 saturated carbocycles. The SMILES string of the molecule is Cc1ccc(S(=O)(=O)N2C[C@@H](C(=O)NCCSC3CCCC3)Oc3ccccc32)cc1. The van der Waals surface area contributed by atoms with Crippen molar-refractivity contribution >= 4 is 33.4 Å². The van der Waals surface area contributed by atoms with Crippen LogP contribution in [0.25, 0.3) is 0 Å². The lowest BCUT2D eigenvalue weighted by molar-refractivity contribution is -0.127. The highest BCUT2D eigenvalue weighted by Crippen LogP contribution is 2.37. The number of carbonyl (C=O) groups excluding carboxylic acids is 1. The van der Waals surface area contributed by atoms with Crippen molar-refractivity contribution in [2.75, 3.05) is 23.1 Å². The van der Waals surface area contributed by atoms with Gasteiger partial charge in [0.25, 0.3) is 15.9 Å². The van der Waals surface area contributed by atoms with Crippen molar-refractivity contribution in [1.29, 1.82) is 0 Å². The first-order valence-corrected chi connectivity index (χ1v) is 13.2. The number of sulfonamides is 1. The number of carbonyl (C=O) groups is 1. The van der Waals surface area contributed by atoms with Crippen LogP contribution in [0.15, 0.2) is 53.4 Å². The molecule has 31 heavy (non-hydrogen) atoms. The molecule has 0 unspecified atom stereocenters. The maximum absolute atomic E-state index is 13.4. The second kappa shape index (κ2) is 9.53. The summed E-state index contributed by atoms with van der Waals surface area (Å²) >= 11 is 1.90. The first kappa shape index (κ1) is 22.0. The average Bonchev–Trinajstić information content (AvgIpc) is 3.29. The Morgan fingerprint density at radius 1 is 1.13 bits per heavy atom. The zero-order valence-corrected chi connectivity index (χ0v) is 19.3. The maximum Gasteiger partial charge on any atom is 0.264 e. The predicted molar refractivity (Wildman–Crippen MR) is 124 cm³/mol. The lowest BCUT2D eigenvalue weighted by Crippen LogP contribution is -2.51. The Hall–Kier alpha value is -2.19. The largest absolute Gasteiger partial charge is 0.476 e. The van der Waals surface area contributed by atoms with E-state index in [4.69, 9.17) is 4.74 Å². The number of fused-ring (bicyclic) bond motifs is 1. The van der Waals surface area contributed by atoms with Gasteiger partial charge in [0.2, 0.25) is 0 Å². The molecule has 1 amide bonds. The molecule has 166 valence electrons. The van der Waals surface area contributed by atoms with E-state index in [-0.39, 0.29) is 17.3 Å². The molecule has 1 aliphatic heterocycles. The van der Waals surface area contributed by atoms with E-state index in [1.807, 2.05) is 18.7 Å². The number of amides is 1. The molecule has 0 bridgehead atoms. The highest BCUT2D eigenvalue weighted by molar-refractivity contribution is 7.99. The van der Waals surface area contributed by atoms with Crippen molar-refractivity contribution in [3.8, 4) is 5.75 Å². The first-order chi connectivity index (χ1) is 14.9. The summed E-state index contributed by atoms with van der Waals surface area (Å²) in [6, 6.07) is 13.7. The maximum atomic E-state index is 13.4. The van der Waals surface area contributed by atoms with Crippen LogP contribution >= 0.6 is 11.8 Å². The second-order valence-electron chi connectivity index (χ2n) is 7.99. The highest BCUT2D eigenvalue weighted by atomic mass is 32.2. The molecule has 1 fully saturated rings. The average molecular weight is 461 g/mol. The molecule has 0 saturated heterocycles. The molecule has 0 aromatic heterocycles. The molecule has 1 N–H and O–H groups in total. The Morgan fingerprint density at radius 3 is 2.58 bits per heavy atom. The number of para-hydroxylation sites is 2. The third-order valence-corrected chi connectivity index (χ3v) is 8.87. The molecule has 0 spiro atoms. The fourth-order valence-electron chi connectivity index (χ4n) is 3.97. The third kappa shape index (κ3) is 5.01. The lowest BCUT2D eigenvalue weighted by atomic mass is 10.2. The van der Waals surface area contributed by atoms with E-state index in [0.717, 1.165) is 11.3 Å². The monoisotopic (exact) mass is 460 g/mol. The van der Waals surface area contributed by atoms with Crippen LogP contribution in [-0.2, 0) is 14.8 Å². The lowest BCUT2D eigenvalue weighted by Gasteiger charge is -2.34. The number of hydrogen-bond acceptors (Lipinski definition) is 5. The van der Waals surface area contributed by atoms with Crippen LogP contribution in [0.1, 0.15) is 31.2 Å². The van der Waals surface area contributed by atoms with Gasteiger partial charge < -0.3 is 10.1 Å². The van der Waals surface area contributed by atoms with E-state index in [2.05, 4.69) is 5.32 Å². The number of anilines is 1. The van der Waals surface area contributed by atoms with Gasteiger partial charge in [-0.1, -0.05) is 42.7 Å². The first-order valence-electron chi connectivity index (χ1n) is 10.7.